The van der Waals surface area contributed by atoms with Gasteiger partial charge in [0.15, 0.2) is 11.5 Å². The summed E-state index contributed by atoms with van der Waals surface area (Å²) in [4.78, 5) is 19.6. The van der Waals surface area contributed by atoms with Gasteiger partial charge in [-0.15, -0.1) is 0 Å². The van der Waals surface area contributed by atoms with E-state index in [0.29, 0.717) is 17.7 Å². The first-order chi connectivity index (χ1) is 17.7. The number of carbonyl (C=O) groups excluding carboxylic acids is 1. The topological polar surface area (TPSA) is 121 Å². The molecule has 0 spiro atoms. The smallest absolute Gasteiger partial charge is 0.311 e. The van der Waals surface area contributed by atoms with Gasteiger partial charge >= 0.3 is 10.1 Å². The number of aliphatic imine (C=N–C) groups is 1. The fourth-order valence-corrected chi connectivity index (χ4v) is 5.02. The fraction of sp³-hybridized carbons (Fsp3) is 0.259. The van der Waals surface area contributed by atoms with Crippen LogP contribution in [-0.4, -0.2) is 58.3 Å². The van der Waals surface area contributed by atoms with Crippen LogP contribution in [0.2, 0.25) is 0 Å². The van der Waals surface area contributed by atoms with Crippen LogP contribution >= 0.6 is 0 Å². The average molecular weight is 524 g/mol. The van der Waals surface area contributed by atoms with Gasteiger partial charge in [0.25, 0.3) is 5.91 Å². The van der Waals surface area contributed by atoms with Crippen LogP contribution in [0.1, 0.15) is 18.1 Å². The Labute approximate surface area is 216 Å². The minimum atomic E-state index is -3.83. The fourth-order valence-electron chi connectivity index (χ4n) is 4.17. The number of likely N-dealkylation sites (N-methyl/N-ethyl adjacent to an activating group) is 1. The van der Waals surface area contributed by atoms with Gasteiger partial charge in [-0.1, -0.05) is 42.5 Å². The molecule has 37 heavy (non-hydrogen) atoms. The number of nitrogens with two attached hydrogens (primary N) is 1. The predicted octanol–water partition coefficient (Wildman–Crippen LogP) is 3.14. The number of hydrogen-bond acceptors (Lipinski definition) is 8. The molecule has 2 N–H and O–H groups in total. The van der Waals surface area contributed by atoms with Crippen molar-refractivity contribution in [1.29, 1.82) is 0 Å². The summed E-state index contributed by atoms with van der Waals surface area (Å²) in [5.41, 5.74) is 7.59. The summed E-state index contributed by atoms with van der Waals surface area (Å²) < 4.78 is 39.9. The first kappa shape index (κ1) is 26.2. The quantitative estimate of drug-likeness (QED) is 0.405. The van der Waals surface area contributed by atoms with Crippen LogP contribution in [0.3, 0.4) is 0 Å². The van der Waals surface area contributed by atoms with Gasteiger partial charge in [0.2, 0.25) is 0 Å². The van der Waals surface area contributed by atoms with Crippen LogP contribution in [0.15, 0.2) is 77.8 Å². The number of nitrogens with zero attached hydrogens (tertiary/aromatic N) is 2. The standard InChI is InChI=1S/C27H29N3O6S/c1-4-35-24-10-6-8-20(18-24)19-7-5-9-22(17-19)27(25(31)30(2)26(28)29-27)21-11-13-23(14-12-21)36-37(32,33)16-15-34-3/h5-14,17-18H,4,15-16H2,1-3H3,(H2,28,29). The summed E-state index contributed by atoms with van der Waals surface area (Å²) >= 11 is 0. The average Bonchev–Trinajstić information content (AvgIpc) is 3.13. The van der Waals surface area contributed by atoms with Gasteiger partial charge in [0, 0.05) is 14.2 Å². The third kappa shape index (κ3) is 5.30. The molecule has 0 bridgehead atoms. The Kier molecular flexibility index (Phi) is 7.51. The van der Waals surface area contributed by atoms with Crippen molar-refractivity contribution in [3.05, 3.63) is 83.9 Å². The van der Waals surface area contributed by atoms with E-state index in [1.807, 2.05) is 55.5 Å². The lowest BCUT2D eigenvalue weighted by atomic mass is 9.81. The Morgan fingerprint density at radius 1 is 0.946 bits per heavy atom. The highest BCUT2D eigenvalue weighted by atomic mass is 32.2. The van der Waals surface area contributed by atoms with Crippen LogP contribution in [0.25, 0.3) is 11.1 Å². The molecule has 0 aliphatic carbocycles. The van der Waals surface area contributed by atoms with Crippen LogP contribution in [-0.2, 0) is 25.2 Å². The van der Waals surface area contributed by atoms with E-state index in [2.05, 4.69) is 4.99 Å². The molecule has 1 amide bonds. The van der Waals surface area contributed by atoms with Crippen LogP contribution in [0, 0.1) is 0 Å². The number of hydrogen-bond donors (Lipinski definition) is 1. The SMILES string of the molecule is CCOc1cccc(-c2cccc(C3(c4ccc(OS(=O)(=O)CCOC)cc4)N=C(N)N(C)C3=O)c2)c1. The van der Waals surface area contributed by atoms with Gasteiger partial charge in [0.05, 0.1) is 13.2 Å². The van der Waals surface area contributed by atoms with E-state index in [1.54, 1.807) is 19.2 Å². The van der Waals surface area contributed by atoms with Crippen molar-refractivity contribution in [2.24, 2.45) is 10.7 Å². The molecule has 3 aromatic rings. The minimum Gasteiger partial charge on any atom is -0.494 e. The molecule has 4 rings (SSSR count). The van der Waals surface area contributed by atoms with Crippen molar-refractivity contribution < 1.29 is 26.9 Å². The molecule has 1 unspecified atom stereocenters. The molecule has 1 aliphatic heterocycles. The first-order valence-corrected chi connectivity index (χ1v) is 13.3. The van der Waals surface area contributed by atoms with Gasteiger partial charge in [0.1, 0.15) is 17.3 Å². The maximum Gasteiger partial charge on any atom is 0.311 e. The number of amides is 1. The molecule has 194 valence electrons. The van der Waals surface area contributed by atoms with Gasteiger partial charge < -0.3 is 19.4 Å². The molecule has 0 saturated carbocycles. The second kappa shape index (κ2) is 10.6. The summed E-state index contributed by atoms with van der Waals surface area (Å²) in [7, 11) is -0.846. The molecule has 3 aromatic carbocycles. The molecule has 10 heteroatoms. The first-order valence-electron chi connectivity index (χ1n) is 11.7. The Morgan fingerprint density at radius 3 is 2.24 bits per heavy atom. The maximum atomic E-state index is 13.6. The molecule has 0 aromatic heterocycles. The zero-order valence-corrected chi connectivity index (χ0v) is 21.7. The highest BCUT2D eigenvalue weighted by Gasteiger charge is 2.49. The van der Waals surface area contributed by atoms with Crippen LogP contribution in [0.5, 0.6) is 11.5 Å². The maximum absolute atomic E-state index is 13.6. The highest BCUT2D eigenvalue weighted by Crippen LogP contribution is 2.41. The van der Waals surface area contributed by atoms with E-state index in [9.17, 15) is 13.2 Å². The zero-order valence-electron chi connectivity index (χ0n) is 20.9. The summed E-state index contributed by atoms with van der Waals surface area (Å²) in [6.45, 7) is 2.49. The van der Waals surface area contributed by atoms with E-state index in [4.69, 9.17) is 19.4 Å². The minimum absolute atomic E-state index is 0.0160. The van der Waals surface area contributed by atoms with Crippen LogP contribution in [0.4, 0.5) is 0 Å². The monoisotopic (exact) mass is 523 g/mol. The Morgan fingerprint density at radius 2 is 1.62 bits per heavy atom. The van der Waals surface area contributed by atoms with Gasteiger partial charge in [-0.3, -0.25) is 9.69 Å². The normalized spacial score (nSPS) is 17.5. The molecular formula is C27H29N3O6S. The van der Waals surface area contributed by atoms with E-state index < -0.39 is 15.7 Å². The number of methoxy groups -OCH3 is 1. The van der Waals surface area contributed by atoms with E-state index in [1.165, 1.54) is 24.1 Å². The Bertz CT molecular complexity index is 1420. The number of ether oxygens (including phenoxy) is 2. The van der Waals surface area contributed by atoms with Crippen molar-refractivity contribution in [3.63, 3.8) is 0 Å². The molecule has 0 fully saturated rings. The second-order valence-electron chi connectivity index (χ2n) is 8.45. The lowest BCUT2D eigenvalue weighted by Crippen LogP contribution is -2.41. The lowest BCUT2D eigenvalue weighted by Gasteiger charge is -2.26. The number of carbonyl (C=O) groups is 1. The largest absolute Gasteiger partial charge is 0.494 e. The number of benzene rings is 3. The van der Waals surface area contributed by atoms with Crippen molar-refractivity contribution in [2.45, 2.75) is 12.5 Å². The molecular weight excluding hydrogens is 494 g/mol. The van der Waals surface area contributed by atoms with E-state index >= 15 is 0 Å². The summed E-state index contributed by atoms with van der Waals surface area (Å²) in [5, 5.41) is 0. The summed E-state index contributed by atoms with van der Waals surface area (Å²) in [6, 6.07) is 21.5. The third-order valence-corrected chi connectivity index (χ3v) is 7.14. The predicted molar refractivity (Wildman–Crippen MR) is 141 cm³/mol. The molecule has 9 nitrogen and oxygen atoms in total. The zero-order chi connectivity index (χ0) is 26.6. The molecule has 1 heterocycles. The van der Waals surface area contributed by atoms with Gasteiger partial charge in [-0.05, 0) is 59.5 Å². The van der Waals surface area contributed by atoms with Crippen molar-refractivity contribution in [2.75, 3.05) is 33.1 Å². The molecule has 0 radical (unpaired) electrons. The summed E-state index contributed by atoms with van der Waals surface area (Å²) in [5.74, 6) is 0.335. The van der Waals surface area contributed by atoms with E-state index in [-0.39, 0.29) is 30.0 Å². The van der Waals surface area contributed by atoms with Crippen molar-refractivity contribution in [3.8, 4) is 22.6 Å². The number of guanidine groups is 1. The van der Waals surface area contributed by atoms with Gasteiger partial charge in [-0.25, -0.2) is 4.99 Å². The van der Waals surface area contributed by atoms with Gasteiger partial charge in [-0.2, -0.15) is 8.42 Å². The Balaban J connectivity index is 1.76. The molecule has 0 saturated heterocycles. The number of rotatable bonds is 10. The Hall–Kier alpha value is -3.89. The van der Waals surface area contributed by atoms with Crippen molar-refractivity contribution >= 4 is 22.0 Å². The van der Waals surface area contributed by atoms with Crippen LogP contribution < -0.4 is 14.7 Å². The van der Waals surface area contributed by atoms with Crippen molar-refractivity contribution in [1.82, 2.24) is 4.90 Å². The highest BCUT2D eigenvalue weighted by molar-refractivity contribution is 7.87. The lowest BCUT2D eigenvalue weighted by molar-refractivity contribution is -0.129. The van der Waals surface area contributed by atoms with E-state index in [0.717, 1.165) is 16.9 Å². The third-order valence-electron chi connectivity index (χ3n) is 6.03. The molecule has 1 aliphatic rings. The second-order valence-corrected chi connectivity index (χ2v) is 10.1. The summed E-state index contributed by atoms with van der Waals surface area (Å²) in [6.07, 6.45) is 0. The molecule has 1 atom stereocenters.